The topological polar surface area (TPSA) is 114 Å². The van der Waals surface area contributed by atoms with Crippen molar-refractivity contribution in [2.75, 3.05) is 18.5 Å². The van der Waals surface area contributed by atoms with Gasteiger partial charge in [-0.15, -0.1) is 0 Å². The number of aromatic nitrogens is 4. The number of hydrogen-bond donors (Lipinski definition) is 3. The molecule has 0 aliphatic heterocycles. The van der Waals surface area contributed by atoms with Crippen LogP contribution in [0.2, 0.25) is 0 Å². The summed E-state index contributed by atoms with van der Waals surface area (Å²) in [5, 5.41) is 6.94. The molecule has 0 saturated heterocycles. The zero-order chi connectivity index (χ0) is 24.5. The van der Waals surface area contributed by atoms with Gasteiger partial charge in [0.05, 0.1) is 19.3 Å². The Bertz CT molecular complexity index is 1280. The lowest BCUT2D eigenvalue weighted by molar-refractivity contribution is -0.122. The minimum atomic E-state index is -0.390. The molecule has 3 heterocycles. The van der Waals surface area contributed by atoms with Crippen molar-refractivity contribution in [3.63, 3.8) is 0 Å². The normalized spacial score (nSPS) is 10.9. The van der Waals surface area contributed by atoms with Crippen LogP contribution in [0.3, 0.4) is 0 Å². The highest BCUT2D eigenvalue weighted by molar-refractivity contribution is 5.80. The molecule has 0 radical (unpaired) electrons. The van der Waals surface area contributed by atoms with Crippen LogP contribution in [0.1, 0.15) is 31.0 Å². The third-order valence-electron chi connectivity index (χ3n) is 5.57. The summed E-state index contributed by atoms with van der Waals surface area (Å²) in [6, 6.07) is 13.8. The molecule has 35 heavy (non-hydrogen) atoms. The Labute approximate surface area is 203 Å². The highest BCUT2D eigenvalue weighted by Gasteiger charge is 2.15. The Morgan fingerprint density at radius 1 is 1.17 bits per heavy atom. The predicted molar refractivity (Wildman–Crippen MR) is 135 cm³/mol. The number of benzene rings is 1. The van der Waals surface area contributed by atoms with Crippen molar-refractivity contribution in [3.8, 4) is 5.88 Å². The van der Waals surface area contributed by atoms with Crippen LogP contribution >= 0.6 is 0 Å². The lowest BCUT2D eigenvalue weighted by Crippen LogP contribution is -2.34. The fourth-order valence-electron chi connectivity index (χ4n) is 3.67. The molecule has 0 aliphatic carbocycles. The van der Waals surface area contributed by atoms with Gasteiger partial charge in [-0.1, -0.05) is 43.7 Å². The number of nitrogens with one attached hydrogen (secondary N) is 3. The Balaban J connectivity index is 1.43. The fraction of sp³-hybridized carbons (Fsp3) is 0.308. The van der Waals surface area contributed by atoms with Crippen molar-refractivity contribution < 1.29 is 9.53 Å². The summed E-state index contributed by atoms with van der Waals surface area (Å²) in [5.74, 6) is 0.175. The molecule has 0 unspecified atom stereocenters. The molecule has 0 saturated carbocycles. The number of unbranched alkanes of at least 4 members (excludes halogenated alkanes) is 1. The number of H-pyrrole nitrogens is 1. The minimum absolute atomic E-state index is 0.169. The third-order valence-corrected chi connectivity index (χ3v) is 5.57. The fourth-order valence-corrected chi connectivity index (χ4v) is 3.67. The number of ether oxygens (including phenoxy) is 1. The molecule has 0 aliphatic rings. The predicted octanol–water partition coefficient (Wildman–Crippen LogP) is 3.27. The average Bonchev–Trinajstić information content (AvgIpc) is 3.30. The highest BCUT2D eigenvalue weighted by atomic mass is 16.5. The maximum absolute atomic E-state index is 13.2. The number of carbonyl (C=O) groups excluding carboxylic acids is 1. The molecule has 1 amide bonds. The van der Waals surface area contributed by atoms with E-state index in [1.54, 1.807) is 12.4 Å². The number of amides is 1. The van der Waals surface area contributed by atoms with E-state index in [2.05, 4.69) is 32.5 Å². The number of anilines is 1. The molecule has 1 aromatic carbocycles. The SMILES string of the molecule is CCCCOc1cnc(NCCc2ccccc2)c(=O)n1CC(=O)NCc1cc2cnccc2[nH]1. The second-order valence-corrected chi connectivity index (χ2v) is 8.23. The van der Waals surface area contributed by atoms with Gasteiger partial charge in [0.25, 0.3) is 5.56 Å². The molecular weight excluding hydrogens is 444 g/mol. The van der Waals surface area contributed by atoms with Gasteiger partial charge in [0.1, 0.15) is 6.54 Å². The van der Waals surface area contributed by atoms with E-state index < -0.39 is 0 Å². The van der Waals surface area contributed by atoms with Gasteiger partial charge in [-0.3, -0.25) is 19.1 Å². The van der Waals surface area contributed by atoms with Crippen LogP contribution in [-0.4, -0.2) is 38.6 Å². The maximum Gasteiger partial charge on any atom is 0.296 e. The largest absolute Gasteiger partial charge is 0.478 e. The number of fused-ring (bicyclic) bond motifs is 1. The number of carbonyl (C=O) groups is 1. The molecule has 0 bridgehead atoms. The summed E-state index contributed by atoms with van der Waals surface area (Å²) in [6.45, 7) is 3.19. The first-order chi connectivity index (χ1) is 17.1. The van der Waals surface area contributed by atoms with Gasteiger partial charge in [-0.05, 0) is 30.5 Å². The van der Waals surface area contributed by atoms with E-state index in [1.807, 2.05) is 42.5 Å². The van der Waals surface area contributed by atoms with Crippen LogP contribution in [0.25, 0.3) is 10.9 Å². The highest BCUT2D eigenvalue weighted by Crippen LogP contribution is 2.13. The smallest absolute Gasteiger partial charge is 0.296 e. The molecule has 4 rings (SSSR count). The zero-order valence-electron chi connectivity index (χ0n) is 19.8. The van der Waals surface area contributed by atoms with Crippen LogP contribution < -0.4 is 20.9 Å². The third kappa shape index (κ3) is 6.47. The summed E-state index contributed by atoms with van der Waals surface area (Å²) in [7, 11) is 0. The summed E-state index contributed by atoms with van der Waals surface area (Å²) in [4.78, 5) is 37.5. The van der Waals surface area contributed by atoms with Crippen LogP contribution in [0, 0.1) is 0 Å². The molecular formula is C26H30N6O3. The molecule has 4 aromatic rings. The monoisotopic (exact) mass is 474 g/mol. The van der Waals surface area contributed by atoms with E-state index in [1.165, 1.54) is 10.8 Å². The number of aromatic amines is 1. The van der Waals surface area contributed by atoms with Crippen LogP contribution in [0.4, 0.5) is 5.82 Å². The first-order valence-electron chi connectivity index (χ1n) is 11.8. The molecule has 0 fully saturated rings. The maximum atomic E-state index is 13.2. The molecule has 9 heteroatoms. The first-order valence-corrected chi connectivity index (χ1v) is 11.8. The van der Waals surface area contributed by atoms with E-state index >= 15 is 0 Å². The number of nitrogens with zero attached hydrogens (tertiary/aromatic N) is 3. The first kappa shape index (κ1) is 24.0. The molecule has 182 valence electrons. The van der Waals surface area contributed by atoms with Crippen LogP contribution in [0.15, 0.2) is 65.8 Å². The van der Waals surface area contributed by atoms with Crippen molar-refractivity contribution >= 4 is 22.6 Å². The molecule has 3 N–H and O–H groups in total. The average molecular weight is 475 g/mol. The summed E-state index contributed by atoms with van der Waals surface area (Å²) in [6.07, 6.45) is 7.52. The Morgan fingerprint density at radius 3 is 2.83 bits per heavy atom. The van der Waals surface area contributed by atoms with Gasteiger partial charge in [-0.2, -0.15) is 0 Å². The second-order valence-electron chi connectivity index (χ2n) is 8.23. The van der Waals surface area contributed by atoms with Crippen molar-refractivity contribution in [1.82, 2.24) is 24.8 Å². The summed E-state index contributed by atoms with van der Waals surface area (Å²) >= 11 is 0. The van der Waals surface area contributed by atoms with Crippen molar-refractivity contribution in [3.05, 3.63) is 82.7 Å². The second kappa shape index (κ2) is 11.8. The van der Waals surface area contributed by atoms with Crippen LogP contribution in [0.5, 0.6) is 5.88 Å². The van der Waals surface area contributed by atoms with Gasteiger partial charge >= 0.3 is 0 Å². The van der Waals surface area contributed by atoms with E-state index in [0.29, 0.717) is 19.7 Å². The van der Waals surface area contributed by atoms with E-state index in [-0.39, 0.29) is 29.7 Å². The summed E-state index contributed by atoms with van der Waals surface area (Å²) < 4.78 is 7.10. The van der Waals surface area contributed by atoms with Gasteiger partial charge in [0.2, 0.25) is 11.8 Å². The van der Waals surface area contributed by atoms with E-state index in [9.17, 15) is 9.59 Å². The van der Waals surface area contributed by atoms with E-state index in [0.717, 1.165) is 41.4 Å². The molecule has 9 nitrogen and oxygen atoms in total. The quantitative estimate of drug-likeness (QED) is 0.272. The van der Waals surface area contributed by atoms with E-state index in [4.69, 9.17) is 4.74 Å². The minimum Gasteiger partial charge on any atom is -0.478 e. The van der Waals surface area contributed by atoms with Gasteiger partial charge in [0, 0.05) is 35.5 Å². The lowest BCUT2D eigenvalue weighted by atomic mass is 10.1. The number of pyridine rings is 1. The van der Waals surface area contributed by atoms with Gasteiger partial charge < -0.3 is 20.4 Å². The van der Waals surface area contributed by atoms with Crippen LogP contribution in [-0.2, 0) is 24.3 Å². The van der Waals surface area contributed by atoms with Gasteiger partial charge in [-0.25, -0.2) is 4.98 Å². The number of rotatable bonds is 12. The van der Waals surface area contributed by atoms with Crippen molar-refractivity contribution in [2.24, 2.45) is 0 Å². The Morgan fingerprint density at radius 2 is 2.03 bits per heavy atom. The lowest BCUT2D eigenvalue weighted by Gasteiger charge is -2.15. The Hall–Kier alpha value is -4.14. The van der Waals surface area contributed by atoms with Crippen molar-refractivity contribution in [1.29, 1.82) is 0 Å². The number of hydrogen-bond acceptors (Lipinski definition) is 6. The Kier molecular flexibility index (Phi) is 8.11. The molecule has 3 aromatic heterocycles. The summed E-state index contributed by atoms with van der Waals surface area (Å²) in [5.41, 5.74) is 2.57. The van der Waals surface area contributed by atoms with Crippen molar-refractivity contribution in [2.45, 2.75) is 39.3 Å². The zero-order valence-corrected chi connectivity index (χ0v) is 19.8. The molecule has 0 spiro atoms. The standard InChI is InChI=1S/C26H30N6O3/c1-2-3-13-35-24-17-30-25(28-12-9-19-7-5-4-6-8-19)26(34)32(24)18-23(33)29-16-21-14-20-15-27-11-10-22(20)31-21/h4-8,10-11,14-15,17,31H,2-3,9,12-13,16,18H2,1H3,(H,28,30)(H,29,33). The van der Waals surface area contributed by atoms with Gasteiger partial charge in [0.15, 0.2) is 5.82 Å². The molecule has 0 atom stereocenters.